The lowest BCUT2D eigenvalue weighted by atomic mass is 10.3. The fourth-order valence-electron chi connectivity index (χ4n) is 2.93. The number of rotatable bonds is 8. The van der Waals surface area contributed by atoms with Crippen LogP contribution in [0.3, 0.4) is 0 Å². The number of hydrogen-bond acceptors (Lipinski definition) is 6. The number of halogens is 4. The number of aliphatic imine (C=N–C) groups is 1. The van der Waals surface area contributed by atoms with Crippen molar-refractivity contribution in [1.29, 1.82) is 0 Å². The maximum Gasteiger partial charge on any atom is 0.434 e. The summed E-state index contributed by atoms with van der Waals surface area (Å²) in [6.45, 7) is 5.91. The van der Waals surface area contributed by atoms with Gasteiger partial charge in [0.15, 0.2) is 16.8 Å². The number of hydrogen-bond donors (Lipinski definition) is 2. The van der Waals surface area contributed by atoms with Gasteiger partial charge in [0, 0.05) is 56.3 Å². The normalized spacial score (nSPS) is 14.7. The Morgan fingerprint density at radius 1 is 1.13 bits per heavy atom. The summed E-state index contributed by atoms with van der Waals surface area (Å²) >= 11 is 2.70. The van der Waals surface area contributed by atoms with E-state index in [1.165, 1.54) is 12.8 Å². The zero-order chi connectivity index (χ0) is 20.7. The first-order chi connectivity index (χ1) is 14.0. The molecular formula is C18H26F3IN6S2. The molecular weight excluding hydrogens is 548 g/mol. The van der Waals surface area contributed by atoms with Crippen LogP contribution in [0, 0.1) is 0 Å². The van der Waals surface area contributed by atoms with E-state index in [2.05, 4.69) is 30.9 Å². The molecule has 0 radical (unpaired) electrons. The Hall–Kier alpha value is -1.15. The third kappa shape index (κ3) is 7.52. The first kappa shape index (κ1) is 25.1. The van der Waals surface area contributed by atoms with Gasteiger partial charge >= 0.3 is 6.18 Å². The molecule has 2 aromatic heterocycles. The van der Waals surface area contributed by atoms with Crippen LogP contribution in [0.4, 0.5) is 18.3 Å². The fourth-order valence-corrected chi connectivity index (χ4v) is 4.64. The Morgan fingerprint density at radius 2 is 1.90 bits per heavy atom. The molecule has 0 amide bonds. The highest BCUT2D eigenvalue weighted by Crippen LogP contribution is 2.30. The molecule has 12 heteroatoms. The van der Waals surface area contributed by atoms with E-state index >= 15 is 0 Å². The Bertz CT molecular complexity index is 802. The van der Waals surface area contributed by atoms with Crippen molar-refractivity contribution in [3.05, 3.63) is 27.2 Å². The number of alkyl halides is 3. The first-order valence-electron chi connectivity index (χ1n) is 9.69. The molecule has 2 aromatic rings. The molecule has 1 saturated heterocycles. The molecule has 30 heavy (non-hydrogen) atoms. The van der Waals surface area contributed by atoms with Crippen LogP contribution in [0.2, 0.25) is 0 Å². The standard InChI is InChI=1S/C18H25F3N6S2.HI/c1-2-22-16(24-8-6-15-26-14(12-28-15)18(19,20)21)23-7-5-13-11-29-17(25-13)27-9-3-4-10-27;/h11-12H,2-10H2,1H3,(H2,22,23,24);1H. The van der Waals surface area contributed by atoms with Crippen LogP contribution in [0.25, 0.3) is 0 Å². The summed E-state index contributed by atoms with van der Waals surface area (Å²) in [6, 6.07) is 0. The van der Waals surface area contributed by atoms with Gasteiger partial charge in [0.25, 0.3) is 0 Å². The van der Waals surface area contributed by atoms with Crippen molar-refractivity contribution in [3.63, 3.8) is 0 Å². The van der Waals surface area contributed by atoms with Crippen LogP contribution < -0.4 is 15.5 Å². The number of thiazole rings is 2. The van der Waals surface area contributed by atoms with Crippen molar-refractivity contribution < 1.29 is 13.2 Å². The van der Waals surface area contributed by atoms with E-state index in [1.54, 1.807) is 11.3 Å². The third-order valence-electron chi connectivity index (χ3n) is 4.37. The maximum atomic E-state index is 12.6. The Morgan fingerprint density at radius 3 is 2.57 bits per heavy atom. The summed E-state index contributed by atoms with van der Waals surface area (Å²) in [4.78, 5) is 15.1. The van der Waals surface area contributed by atoms with Crippen molar-refractivity contribution in [3.8, 4) is 0 Å². The maximum absolute atomic E-state index is 12.6. The molecule has 2 N–H and O–H groups in total. The molecule has 1 aliphatic heterocycles. The highest BCUT2D eigenvalue weighted by atomic mass is 127. The van der Waals surface area contributed by atoms with E-state index in [1.807, 2.05) is 6.92 Å². The van der Waals surface area contributed by atoms with Crippen molar-refractivity contribution in [1.82, 2.24) is 20.6 Å². The van der Waals surface area contributed by atoms with Crippen LogP contribution >= 0.6 is 46.7 Å². The van der Waals surface area contributed by atoms with Gasteiger partial charge < -0.3 is 15.5 Å². The highest BCUT2D eigenvalue weighted by Gasteiger charge is 2.33. The fraction of sp³-hybridized carbons (Fsp3) is 0.611. The van der Waals surface area contributed by atoms with Gasteiger partial charge in [-0.2, -0.15) is 13.2 Å². The van der Waals surface area contributed by atoms with Crippen molar-refractivity contribution in [2.24, 2.45) is 4.99 Å². The molecule has 6 nitrogen and oxygen atoms in total. The zero-order valence-electron chi connectivity index (χ0n) is 16.7. The van der Waals surface area contributed by atoms with E-state index in [9.17, 15) is 13.2 Å². The molecule has 1 aliphatic rings. The molecule has 168 valence electrons. The molecule has 3 rings (SSSR count). The summed E-state index contributed by atoms with van der Waals surface area (Å²) < 4.78 is 37.8. The van der Waals surface area contributed by atoms with E-state index < -0.39 is 11.9 Å². The smallest absolute Gasteiger partial charge is 0.357 e. The molecule has 0 bridgehead atoms. The van der Waals surface area contributed by atoms with Gasteiger partial charge in [0.2, 0.25) is 0 Å². The topological polar surface area (TPSA) is 65.4 Å². The van der Waals surface area contributed by atoms with Crippen LogP contribution in [-0.2, 0) is 19.0 Å². The largest absolute Gasteiger partial charge is 0.434 e. The molecule has 0 atom stereocenters. The van der Waals surface area contributed by atoms with Crippen LogP contribution in [0.15, 0.2) is 15.8 Å². The molecule has 1 fully saturated rings. The third-order valence-corrected chi connectivity index (χ3v) is 6.23. The highest BCUT2D eigenvalue weighted by molar-refractivity contribution is 14.0. The molecule has 0 spiro atoms. The summed E-state index contributed by atoms with van der Waals surface area (Å²) in [5, 5.41) is 11.1. The predicted octanol–water partition coefficient (Wildman–Crippen LogP) is 4.18. The van der Waals surface area contributed by atoms with E-state index in [0.717, 1.165) is 47.1 Å². The van der Waals surface area contributed by atoms with Gasteiger partial charge in [-0.05, 0) is 19.8 Å². The number of anilines is 1. The average molecular weight is 574 g/mol. The van der Waals surface area contributed by atoms with E-state index in [-0.39, 0.29) is 24.0 Å². The number of nitrogens with one attached hydrogen (secondary N) is 2. The second-order valence-corrected chi connectivity index (χ2v) is 8.41. The molecule has 0 aromatic carbocycles. The number of guanidine groups is 1. The van der Waals surface area contributed by atoms with Gasteiger partial charge in [0.05, 0.1) is 10.7 Å². The van der Waals surface area contributed by atoms with Gasteiger partial charge in [-0.1, -0.05) is 0 Å². The summed E-state index contributed by atoms with van der Waals surface area (Å²) in [6.07, 6.45) is -0.757. The molecule has 0 aliphatic carbocycles. The van der Waals surface area contributed by atoms with Crippen molar-refractivity contribution >= 4 is 57.7 Å². The van der Waals surface area contributed by atoms with E-state index in [0.29, 0.717) is 37.0 Å². The Balaban J connectivity index is 0.00000320. The van der Waals surface area contributed by atoms with Gasteiger partial charge in [0.1, 0.15) is 0 Å². The summed E-state index contributed by atoms with van der Waals surface area (Å²) in [5.41, 5.74) is 0.228. The van der Waals surface area contributed by atoms with Crippen molar-refractivity contribution in [2.45, 2.75) is 38.8 Å². The van der Waals surface area contributed by atoms with Crippen LogP contribution in [-0.4, -0.2) is 48.7 Å². The average Bonchev–Trinajstić information content (AvgIpc) is 3.42. The second kappa shape index (κ2) is 12.0. The SMILES string of the molecule is CCNC(=NCCc1nc(C(F)(F)F)cs1)NCCc1csc(N2CCCC2)n1.I. The molecule has 3 heterocycles. The van der Waals surface area contributed by atoms with Crippen LogP contribution in [0.5, 0.6) is 0 Å². The summed E-state index contributed by atoms with van der Waals surface area (Å²) in [7, 11) is 0. The zero-order valence-corrected chi connectivity index (χ0v) is 20.6. The molecule has 0 saturated carbocycles. The minimum absolute atomic E-state index is 0. The quantitative estimate of drug-likeness (QED) is 0.282. The number of nitrogens with zero attached hydrogens (tertiary/aromatic N) is 4. The van der Waals surface area contributed by atoms with Gasteiger partial charge in [-0.15, -0.1) is 46.7 Å². The van der Waals surface area contributed by atoms with Gasteiger partial charge in [-0.3, -0.25) is 4.99 Å². The Kier molecular flexibility index (Phi) is 10.1. The van der Waals surface area contributed by atoms with Gasteiger partial charge in [-0.25, -0.2) is 9.97 Å². The lowest BCUT2D eigenvalue weighted by molar-refractivity contribution is -0.140. The summed E-state index contributed by atoms with van der Waals surface area (Å²) in [5.74, 6) is 0.648. The number of aromatic nitrogens is 2. The van der Waals surface area contributed by atoms with Crippen LogP contribution in [0.1, 0.15) is 36.2 Å². The predicted molar refractivity (Wildman–Crippen MR) is 127 cm³/mol. The van der Waals surface area contributed by atoms with E-state index in [4.69, 9.17) is 4.98 Å². The first-order valence-corrected chi connectivity index (χ1v) is 11.4. The minimum Gasteiger partial charge on any atom is -0.357 e. The second-order valence-electron chi connectivity index (χ2n) is 6.63. The lowest BCUT2D eigenvalue weighted by Gasteiger charge is -2.12. The minimum atomic E-state index is -4.39. The molecule has 0 unspecified atom stereocenters. The lowest BCUT2D eigenvalue weighted by Crippen LogP contribution is -2.38. The van der Waals surface area contributed by atoms with Crippen molar-refractivity contribution in [2.75, 3.05) is 37.6 Å². The monoisotopic (exact) mass is 574 g/mol. The Labute approximate surface area is 199 Å².